The zero-order valence-corrected chi connectivity index (χ0v) is 17.3. The number of piperidine rings is 1. The van der Waals surface area contributed by atoms with Crippen LogP contribution in [0.3, 0.4) is 0 Å². The van der Waals surface area contributed by atoms with Gasteiger partial charge in [0.05, 0.1) is 5.56 Å². The highest BCUT2D eigenvalue weighted by Gasteiger charge is 2.29. The van der Waals surface area contributed by atoms with Gasteiger partial charge in [0.15, 0.2) is 0 Å². The molecule has 1 atom stereocenters. The van der Waals surface area contributed by atoms with Crippen molar-refractivity contribution >= 4 is 16.8 Å². The van der Waals surface area contributed by atoms with Crippen LogP contribution in [0.5, 0.6) is 0 Å². The van der Waals surface area contributed by atoms with Gasteiger partial charge < -0.3 is 14.5 Å². The maximum atomic E-state index is 13.2. The largest absolute Gasteiger partial charge is 0.357 e. The van der Waals surface area contributed by atoms with Gasteiger partial charge in [0.25, 0.3) is 11.5 Å². The van der Waals surface area contributed by atoms with Gasteiger partial charge >= 0.3 is 0 Å². The van der Waals surface area contributed by atoms with E-state index >= 15 is 0 Å². The van der Waals surface area contributed by atoms with Crippen LogP contribution in [0.1, 0.15) is 41.7 Å². The van der Waals surface area contributed by atoms with E-state index in [2.05, 4.69) is 41.1 Å². The average molecular weight is 393 g/mol. The van der Waals surface area contributed by atoms with Gasteiger partial charge in [-0.15, -0.1) is 0 Å². The van der Waals surface area contributed by atoms with Crippen LogP contribution in [0, 0.1) is 0 Å². The smallest absolute Gasteiger partial charge is 0.274 e. The molecule has 3 heterocycles. The van der Waals surface area contributed by atoms with E-state index in [-0.39, 0.29) is 17.5 Å². The lowest BCUT2D eigenvalue weighted by atomic mass is 9.98. The molecule has 1 aliphatic heterocycles. The number of aromatic nitrogens is 2. The Morgan fingerprint density at radius 2 is 1.86 bits per heavy atom. The molecule has 1 fully saturated rings. The minimum absolute atomic E-state index is 0.0280. The van der Waals surface area contributed by atoms with Crippen molar-refractivity contribution in [1.29, 1.82) is 0 Å². The van der Waals surface area contributed by atoms with Gasteiger partial charge in [-0.1, -0.05) is 30.3 Å². The molecule has 1 saturated heterocycles. The predicted molar refractivity (Wildman–Crippen MR) is 115 cm³/mol. The average Bonchev–Trinajstić information content (AvgIpc) is 3.26. The summed E-state index contributed by atoms with van der Waals surface area (Å²) in [5, 5.41) is 0.695. The molecule has 0 spiro atoms. The molecule has 0 aliphatic carbocycles. The third kappa shape index (κ3) is 3.60. The quantitative estimate of drug-likeness (QED) is 0.742. The lowest BCUT2D eigenvalue weighted by molar-refractivity contribution is 0.0606. The number of aromatic amines is 1. The minimum atomic E-state index is -0.118. The van der Waals surface area contributed by atoms with Gasteiger partial charge in [-0.05, 0) is 31.4 Å². The van der Waals surface area contributed by atoms with Crippen molar-refractivity contribution in [2.45, 2.75) is 31.8 Å². The van der Waals surface area contributed by atoms with E-state index in [4.69, 9.17) is 0 Å². The van der Waals surface area contributed by atoms with Gasteiger partial charge in [0.2, 0.25) is 0 Å². The first-order chi connectivity index (χ1) is 14.0. The number of H-pyrrole nitrogens is 1. The van der Waals surface area contributed by atoms with E-state index in [0.29, 0.717) is 22.5 Å². The summed E-state index contributed by atoms with van der Waals surface area (Å²) < 4.78 is 1.48. The van der Waals surface area contributed by atoms with Crippen LogP contribution >= 0.6 is 0 Å². The van der Waals surface area contributed by atoms with Crippen molar-refractivity contribution in [1.82, 2.24) is 19.4 Å². The maximum absolute atomic E-state index is 13.2. The second-order valence-corrected chi connectivity index (χ2v) is 8.00. The number of pyridine rings is 1. The minimum Gasteiger partial charge on any atom is -0.357 e. The van der Waals surface area contributed by atoms with E-state index in [0.717, 1.165) is 25.9 Å². The lowest BCUT2D eigenvalue weighted by Crippen LogP contribution is -2.46. The number of benzene rings is 1. The van der Waals surface area contributed by atoms with Crippen LogP contribution in [0.15, 0.2) is 53.6 Å². The Morgan fingerprint density at radius 1 is 1.17 bits per heavy atom. The third-order valence-corrected chi connectivity index (χ3v) is 6.32. The van der Waals surface area contributed by atoms with E-state index in [1.165, 1.54) is 10.1 Å². The van der Waals surface area contributed by atoms with Crippen molar-refractivity contribution in [2.24, 2.45) is 7.05 Å². The van der Waals surface area contributed by atoms with E-state index in [1.54, 1.807) is 19.4 Å². The Kier molecular flexibility index (Phi) is 5.28. The van der Waals surface area contributed by atoms with E-state index in [9.17, 15) is 9.59 Å². The van der Waals surface area contributed by atoms with Crippen LogP contribution in [0.25, 0.3) is 10.9 Å². The summed E-state index contributed by atoms with van der Waals surface area (Å²) in [6.45, 7) is 4.17. The third-order valence-electron chi connectivity index (χ3n) is 6.32. The second-order valence-electron chi connectivity index (χ2n) is 8.00. The van der Waals surface area contributed by atoms with Gasteiger partial charge in [-0.25, -0.2) is 0 Å². The number of carbonyl (C=O) groups is 1. The predicted octanol–water partition coefficient (Wildman–Crippen LogP) is 3.16. The number of fused-ring (bicyclic) bond motifs is 1. The van der Waals surface area contributed by atoms with E-state index < -0.39 is 0 Å². The molecular weight excluding hydrogens is 364 g/mol. The fraction of sp³-hybridized carbons (Fsp3) is 0.391. The molecule has 1 aliphatic rings. The van der Waals surface area contributed by atoms with Crippen LogP contribution in [0.4, 0.5) is 0 Å². The fourth-order valence-electron chi connectivity index (χ4n) is 4.40. The zero-order valence-electron chi connectivity index (χ0n) is 17.3. The SMILES string of the molecule is CC(c1ccccc1)N1CCC(N(C)C(=O)c2cn(C)c(=O)c3[nH]ccc23)CC1. The Morgan fingerprint density at radius 3 is 2.55 bits per heavy atom. The molecule has 1 unspecified atom stereocenters. The van der Waals surface area contributed by atoms with E-state index in [1.807, 2.05) is 24.1 Å². The summed E-state index contributed by atoms with van der Waals surface area (Å²) in [6.07, 6.45) is 5.26. The Labute approximate surface area is 170 Å². The molecule has 1 N–H and O–H groups in total. The van der Waals surface area contributed by atoms with Crippen molar-refractivity contribution < 1.29 is 4.79 Å². The van der Waals surface area contributed by atoms with Crippen molar-refractivity contribution in [2.75, 3.05) is 20.1 Å². The molecule has 152 valence electrons. The van der Waals surface area contributed by atoms with Crippen molar-refractivity contribution in [3.8, 4) is 0 Å². The van der Waals surface area contributed by atoms with Gasteiger partial charge in [0, 0.05) is 57.0 Å². The molecule has 1 aromatic carbocycles. The topological polar surface area (TPSA) is 61.3 Å². The second kappa shape index (κ2) is 7.87. The summed E-state index contributed by atoms with van der Waals surface area (Å²) >= 11 is 0. The van der Waals surface area contributed by atoms with Crippen molar-refractivity contribution in [3.63, 3.8) is 0 Å². The summed E-state index contributed by atoms with van der Waals surface area (Å²) in [4.78, 5) is 32.8. The number of likely N-dealkylation sites (tertiary alicyclic amines) is 1. The van der Waals surface area contributed by atoms with Gasteiger partial charge in [-0.2, -0.15) is 0 Å². The normalized spacial score (nSPS) is 16.8. The standard InChI is InChI=1S/C23H28N4O2/c1-16(17-7-5-4-6-8-17)27-13-10-18(11-14-27)26(3)22(28)20-15-25(2)23(29)21-19(20)9-12-24-21/h4-9,12,15-16,18,24H,10-11,13-14H2,1-3H3. The van der Waals surface area contributed by atoms with Crippen molar-refractivity contribution in [3.05, 3.63) is 70.3 Å². The van der Waals surface area contributed by atoms with Crippen LogP contribution < -0.4 is 5.56 Å². The highest BCUT2D eigenvalue weighted by atomic mass is 16.2. The first kappa shape index (κ1) is 19.5. The Hall–Kier alpha value is -2.86. The molecule has 0 radical (unpaired) electrons. The van der Waals surface area contributed by atoms with Crippen LogP contribution in [-0.2, 0) is 7.05 Å². The molecule has 29 heavy (non-hydrogen) atoms. The lowest BCUT2D eigenvalue weighted by Gasteiger charge is -2.39. The maximum Gasteiger partial charge on any atom is 0.274 e. The molecule has 3 aromatic rings. The summed E-state index contributed by atoms with van der Waals surface area (Å²) in [5.41, 5.74) is 2.27. The molecule has 1 amide bonds. The zero-order chi connectivity index (χ0) is 20.5. The van der Waals surface area contributed by atoms with Crippen LogP contribution in [0.2, 0.25) is 0 Å². The highest BCUT2D eigenvalue weighted by molar-refractivity contribution is 6.05. The molecule has 6 heteroatoms. The first-order valence-electron chi connectivity index (χ1n) is 10.2. The van der Waals surface area contributed by atoms with Gasteiger partial charge in [0.1, 0.15) is 5.52 Å². The number of nitrogens with zero attached hydrogens (tertiary/aromatic N) is 3. The summed E-state index contributed by atoms with van der Waals surface area (Å²) in [7, 11) is 3.57. The molecule has 0 saturated carbocycles. The summed E-state index contributed by atoms with van der Waals surface area (Å²) in [5.74, 6) is -0.0280. The molecular formula is C23H28N4O2. The number of hydrogen-bond acceptors (Lipinski definition) is 3. The highest BCUT2D eigenvalue weighted by Crippen LogP contribution is 2.26. The Bertz CT molecular complexity index is 1060. The number of rotatable bonds is 4. The number of carbonyl (C=O) groups excluding carboxylic acids is 1. The number of aryl methyl sites for hydroxylation is 1. The first-order valence-corrected chi connectivity index (χ1v) is 10.2. The number of amides is 1. The van der Waals surface area contributed by atoms with Gasteiger partial charge in [-0.3, -0.25) is 14.5 Å². The number of nitrogens with one attached hydrogen (secondary N) is 1. The molecule has 4 rings (SSSR count). The summed E-state index contributed by atoms with van der Waals surface area (Å²) in [6, 6.07) is 12.9. The number of hydrogen-bond donors (Lipinski definition) is 1. The fourth-order valence-corrected chi connectivity index (χ4v) is 4.40. The molecule has 0 bridgehead atoms. The molecule has 6 nitrogen and oxygen atoms in total. The molecule has 2 aromatic heterocycles. The monoisotopic (exact) mass is 392 g/mol. The Balaban J connectivity index is 1.47. The van der Waals surface area contributed by atoms with Crippen LogP contribution in [-0.4, -0.2) is 51.4 Å².